The van der Waals surface area contributed by atoms with Crippen molar-refractivity contribution < 1.29 is 0 Å². The minimum Gasteiger partial charge on any atom is -0.357 e. The van der Waals surface area contributed by atoms with E-state index in [0.717, 1.165) is 56.9 Å². The maximum atomic E-state index is 4.83. The zero-order chi connectivity index (χ0) is 18.9. The van der Waals surface area contributed by atoms with Crippen LogP contribution in [0.25, 0.3) is 0 Å². The van der Waals surface area contributed by atoms with Crippen LogP contribution in [-0.4, -0.2) is 65.8 Å². The van der Waals surface area contributed by atoms with E-state index in [1.165, 1.54) is 10.5 Å². The number of aryl methyl sites for hydroxylation is 1. The Morgan fingerprint density at radius 2 is 1.81 bits per heavy atom. The Labute approximate surface area is 166 Å². The number of benzene rings is 1. The molecule has 2 heterocycles. The van der Waals surface area contributed by atoms with Crippen molar-refractivity contribution in [3.05, 3.63) is 48.3 Å². The molecule has 1 aliphatic heterocycles. The Hall–Kier alpha value is -2.28. The summed E-state index contributed by atoms with van der Waals surface area (Å²) >= 11 is 1.86. The number of aromatic nitrogens is 2. The summed E-state index contributed by atoms with van der Waals surface area (Å²) in [4.78, 5) is 19.4. The molecule has 1 aromatic heterocycles. The van der Waals surface area contributed by atoms with Gasteiger partial charge in [-0.25, -0.2) is 9.97 Å². The topological polar surface area (TPSA) is 56.7 Å². The van der Waals surface area contributed by atoms with Gasteiger partial charge in [0.1, 0.15) is 0 Å². The van der Waals surface area contributed by atoms with E-state index >= 15 is 0 Å². The van der Waals surface area contributed by atoms with E-state index in [2.05, 4.69) is 63.2 Å². The molecule has 0 saturated carbocycles. The quantitative estimate of drug-likeness (QED) is 0.358. The van der Waals surface area contributed by atoms with Gasteiger partial charge in [-0.2, -0.15) is 0 Å². The van der Waals surface area contributed by atoms with Crippen LogP contribution >= 0.6 is 11.8 Å². The van der Waals surface area contributed by atoms with E-state index in [-0.39, 0.29) is 0 Å². The van der Waals surface area contributed by atoms with Crippen molar-refractivity contribution in [3.8, 4) is 0 Å². The van der Waals surface area contributed by atoms with Gasteiger partial charge in [0.2, 0.25) is 5.95 Å². The van der Waals surface area contributed by atoms with Gasteiger partial charge in [0, 0.05) is 55.8 Å². The fourth-order valence-electron chi connectivity index (χ4n) is 2.95. The van der Waals surface area contributed by atoms with Gasteiger partial charge < -0.3 is 15.1 Å². The van der Waals surface area contributed by atoms with E-state index in [4.69, 9.17) is 4.99 Å². The molecule has 0 unspecified atom stereocenters. The molecule has 3 rings (SSSR count). The van der Waals surface area contributed by atoms with Crippen LogP contribution in [0, 0.1) is 6.92 Å². The van der Waals surface area contributed by atoms with Crippen LogP contribution in [0.1, 0.15) is 12.5 Å². The average molecular weight is 385 g/mol. The van der Waals surface area contributed by atoms with Crippen molar-refractivity contribution in [1.82, 2.24) is 20.2 Å². The molecule has 1 aromatic carbocycles. The highest BCUT2D eigenvalue weighted by Crippen LogP contribution is 2.18. The number of nitrogens with zero attached hydrogens (tertiary/aromatic N) is 5. The Morgan fingerprint density at radius 3 is 2.48 bits per heavy atom. The predicted molar refractivity (Wildman–Crippen MR) is 114 cm³/mol. The number of hydrogen-bond acceptors (Lipinski definition) is 5. The zero-order valence-electron chi connectivity index (χ0n) is 16.1. The Bertz CT molecular complexity index is 711. The zero-order valence-corrected chi connectivity index (χ0v) is 17.0. The summed E-state index contributed by atoms with van der Waals surface area (Å²) in [6.45, 7) is 9.59. The predicted octanol–water partition coefficient (Wildman–Crippen LogP) is 2.66. The maximum Gasteiger partial charge on any atom is 0.225 e. The lowest BCUT2D eigenvalue weighted by Gasteiger charge is -2.36. The first-order chi connectivity index (χ1) is 13.3. The first-order valence-electron chi connectivity index (χ1n) is 9.51. The van der Waals surface area contributed by atoms with Gasteiger partial charge in [0.25, 0.3) is 0 Å². The van der Waals surface area contributed by atoms with E-state index in [0.29, 0.717) is 0 Å². The molecule has 0 atom stereocenters. The van der Waals surface area contributed by atoms with Gasteiger partial charge in [0.15, 0.2) is 5.96 Å². The summed E-state index contributed by atoms with van der Waals surface area (Å²) in [5.74, 6) is 2.81. The van der Waals surface area contributed by atoms with E-state index < -0.39 is 0 Å². The van der Waals surface area contributed by atoms with Crippen LogP contribution in [0.4, 0.5) is 5.95 Å². The lowest BCUT2D eigenvalue weighted by atomic mass is 10.2. The second kappa shape index (κ2) is 10.2. The number of anilines is 1. The molecule has 1 N–H and O–H groups in total. The molecule has 0 radical (unpaired) electrons. The highest BCUT2D eigenvalue weighted by molar-refractivity contribution is 7.99. The number of nitrogens with one attached hydrogen (secondary N) is 1. The molecule has 1 aliphatic rings. The third-order valence-electron chi connectivity index (χ3n) is 4.39. The van der Waals surface area contributed by atoms with Crippen molar-refractivity contribution >= 4 is 23.7 Å². The molecule has 0 aliphatic carbocycles. The first kappa shape index (κ1) is 19.5. The number of piperazine rings is 1. The summed E-state index contributed by atoms with van der Waals surface area (Å²) in [5.41, 5.74) is 1.30. The van der Waals surface area contributed by atoms with E-state index in [1.54, 1.807) is 12.4 Å². The van der Waals surface area contributed by atoms with Gasteiger partial charge in [0.05, 0.1) is 6.54 Å². The molecule has 0 amide bonds. The van der Waals surface area contributed by atoms with Crippen molar-refractivity contribution in [2.24, 2.45) is 4.99 Å². The average Bonchev–Trinajstić information content (AvgIpc) is 2.72. The molecular formula is C20H28N6S. The molecule has 0 spiro atoms. The standard InChI is InChI=1S/C20H28N6S/c1-3-21-19(24-11-16-27-18-7-5-17(2)6-8-18)25-12-14-26(15-13-25)20-22-9-4-10-23-20/h4-10H,3,11-16H2,1-2H3,(H,21,24). The van der Waals surface area contributed by atoms with Gasteiger partial charge >= 0.3 is 0 Å². The normalized spacial score (nSPS) is 15.1. The monoisotopic (exact) mass is 384 g/mol. The maximum absolute atomic E-state index is 4.83. The van der Waals surface area contributed by atoms with Crippen molar-refractivity contribution in [3.63, 3.8) is 0 Å². The Morgan fingerprint density at radius 1 is 1.11 bits per heavy atom. The molecule has 6 nitrogen and oxygen atoms in total. The summed E-state index contributed by atoms with van der Waals surface area (Å²) < 4.78 is 0. The lowest BCUT2D eigenvalue weighted by Crippen LogP contribution is -2.53. The van der Waals surface area contributed by atoms with Crippen LogP contribution in [0.3, 0.4) is 0 Å². The first-order valence-corrected chi connectivity index (χ1v) is 10.5. The number of guanidine groups is 1. The largest absolute Gasteiger partial charge is 0.357 e. The second-order valence-electron chi connectivity index (χ2n) is 6.42. The van der Waals surface area contributed by atoms with Gasteiger partial charge in [-0.1, -0.05) is 17.7 Å². The molecule has 1 fully saturated rings. The van der Waals surface area contributed by atoms with Crippen molar-refractivity contribution in [2.45, 2.75) is 18.7 Å². The highest BCUT2D eigenvalue weighted by Gasteiger charge is 2.20. The van der Waals surface area contributed by atoms with Crippen molar-refractivity contribution in [2.75, 3.05) is 49.9 Å². The minimum atomic E-state index is 0.808. The number of hydrogen-bond donors (Lipinski definition) is 1. The van der Waals surface area contributed by atoms with Crippen LogP contribution < -0.4 is 10.2 Å². The SMILES string of the molecule is CCNC(=NCCSc1ccc(C)cc1)N1CCN(c2ncccn2)CC1. The number of rotatable bonds is 6. The van der Waals surface area contributed by atoms with Crippen LogP contribution in [-0.2, 0) is 0 Å². The summed E-state index contributed by atoms with van der Waals surface area (Å²) in [7, 11) is 0. The van der Waals surface area contributed by atoms with Gasteiger partial charge in [-0.15, -0.1) is 11.8 Å². The molecule has 1 saturated heterocycles. The van der Waals surface area contributed by atoms with E-state index in [9.17, 15) is 0 Å². The molecule has 0 bridgehead atoms. The van der Waals surface area contributed by atoms with E-state index in [1.807, 2.05) is 17.8 Å². The van der Waals surface area contributed by atoms with Crippen molar-refractivity contribution in [1.29, 1.82) is 0 Å². The molecule has 2 aromatic rings. The number of aliphatic imine (C=N–C) groups is 1. The summed E-state index contributed by atoms with van der Waals surface area (Å²) in [5, 5.41) is 3.43. The Balaban J connectivity index is 1.49. The smallest absolute Gasteiger partial charge is 0.225 e. The second-order valence-corrected chi connectivity index (χ2v) is 7.59. The van der Waals surface area contributed by atoms with Gasteiger partial charge in [-0.05, 0) is 32.0 Å². The molecule has 144 valence electrons. The lowest BCUT2D eigenvalue weighted by molar-refractivity contribution is 0.370. The fraction of sp³-hybridized carbons (Fsp3) is 0.450. The van der Waals surface area contributed by atoms with Gasteiger partial charge in [-0.3, -0.25) is 4.99 Å². The Kier molecular flexibility index (Phi) is 7.33. The van der Waals surface area contributed by atoms with Crippen LogP contribution in [0.2, 0.25) is 0 Å². The molecule has 27 heavy (non-hydrogen) atoms. The number of thioether (sulfide) groups is 1. The molecule has 7 heteroatoms. The third kappa shape index (κ3) is 5.85. The summed E-state index contributed by atoms with van der Waals surface area (Å²) in [6, 6.07) is 10.5. The fourth-order valence-corrected chi connectivity index (χ4v) is 3.69. The highest BCUT2D eigenvalue weighted by atomic mass is 32.2. The van der Waals surface area contributed by atoms with Crippen LogP contribution in [0.15, 0.2) is 52.6 Å². The molecular weight excluding hydrogens is 356 g/mol. The summed E-state index contributed by atoms with van der Waals surface area (Å²) in [6.07, 6.45) is 3.60. The third-order valence-corrected chi connectivity index (χ3v) is 5.38. The van der Waals surface area contributed by atoms with Crippen LogP contribution in [0.5, 0.6) is 0 Å². The minimum absolute atomic E-state index is 0.808.